The normalized spacial score (nSPS) is 20.8. The lowest BCUT2D eigenvalue weighted by molar-refractivity contribution is -0.220. The molecule has 0 unspecified atom stereocenters. The topological polar surface area (TPSA) is 52.5 Å². The van der Waals surface area contributed by atoms with Crippen molar-refractivity contribution in [2.24, 2.45) is 5.92 Å². The third kappa shape index (κ3) is 2.44. The fourth-order valence-electron chi connectivity index (χ4n) is 1.54. The van der Waals surface area contributed by atoms with E-state index in [9.17, 15) is 10.2 Å². The lowest BCUT2D eigenvalue weighted by Crippen LogP contribution is -2.53. The summed E-state index contributed by atoms with van der Waals surface area (Å²) in [6.07, 6.45) is 4.53. The minimum absolute atomic E-state index is 0.168. The molecule has 1 saturated carbocycles. The molecular weight excluding hydrogens is 154 g/mol. The van der Waals surface area contributed by atoms with E-state index in [1.165, 1.54) is 12.8 Å². The van der Waals surface area contributed by atoms with Gasteiger partial charge in [-0.1, -0.05) is 26.7 Å². The van der Waals surface area contributed by atoms with Gasteiger partial charge in [-0.25, -0.2) is 0 Å². The molecule has 0 heterocycles. The number of rotatable bonds is 3. The molecule has 1 fully saturated rings. The van der Waals surface area contributed by atoms with Gasteiger partial charge < -0.3 is 10.2 Å². The zero-order chi connectivity index (χ0) is 9.19. The molecular formula is C9H19NO2. The van der Waals surface area contributed by atoms with Crippen LogP contribution in [-0.4, -0.2) is 22.2 Å². The van der Waals surface area contributed by atoms with Crippen LogP contribution >= 0.6 is 0 Å². The van der Waals surface area contributed by atoms with Crippen LogP contribution in [0.25, 0.3) is 0 Å². The molecule has 0 atom stereocenters. The van der Waals surface area contributed by atoms with Gasteiger partial charge in [-0.2, -0.15) is 0 Å². The summed E-state index contributed by atoms with van der Waals surface area (Å²) < 4.78 is 0. The Bertz CT molecular complexity index is 139. The van der Waals surface area contributed by atoms with E-state index in [-0.39, 0.29) is 5.92 Å². The van der Waals surface area contributed by atoms with Crippen molar-refractivity contribution in [1.29, 1.82) is 0 Å². The van der Waals surface area contributed by atoms with Gasteiger partial charge in [-0.05, 0) is 12.8 Å². The summed E-state index contributed by atoms with van der Waals surface area (Å²) in [6.45, 7) is 3.59. The molecule has 0 spiro atoms. The van der Waals surface area contributed by atoms with Gasteiger partial charge in [0.2, 0.25) is 5.91 Å². The van der Waals surface area contributed by atoms with Gasteiger partial charge in [0, 0.05) is 12.0 Å². The van der Waals surface area contributed by atoms with E-state index in [1.807, 2.05) is 0 Å². The zero-order valence-corrected chi connectivity index (χ0v) is 7.88. The van der Waals surface area contributed by atoms with Crippen LogP contribution in [0.5, 0.6) is 0 Å². The highest BCUT2D eigenvalue weighted by molar-refractivity contribution is 4.78. The summed E-state index contributed by atoms with van der Waals surface area (Å²) in [6, 6.07) is 0.294. The quantitative estimate of drug-likeness (QED) is 0.554. The second kappa shape index (κ2) is 3.73. The molecule has 1 aliphatic rings. The van der Waals surface area contributed by atoms with Gasteiger partial charge in [0.1, 0.15) is 0 Å². The first-order valence-electron chi connectivity index (χ1n) is 4.75. The van der Waals surface area contributed by atoms with Crippen LogP contribution in [0.4, 0.5) is 0 Å². The second-order valence-corrected chi connectivity index (χ2v) is 4.01. The Hall–Kier alpha value is -0.120. The Kier molecular flexibility index (Phi) is 3.09. The van der Waals surface area contributed by atoms with Crippen molar-refractivity contribution in [2.45, 2.75) is 51.5 Å². The molecule has 12 heavy (non-hydrogen) atoms. The number of hydrogen-bond acceptors (Lipinski definition) is 3. The maximum atomic E-state index is 9.50. The van der Waals surface area contributed by atoms with Crippen LogP contribution in [0.15, 0.2) is 0 Å². The van der Waals surface area contributed by atoms with Crippen LogP contribution in [0.3, 0.4) is 0 Å². The highest BCUT2D eigenvalue weighted by atomic mass is 16.5. The van der Waals surface area contributed by atoms with Gasteiger partial charge in [-0.15, -0.1) is 0 Å². The number of hydrogen-bond donors (Lipinski definition) is 3. The summed E-state index contributed by atoms with van der Waals surface area (Å²) in [5, 5.41) is 21.9. The molecule has 3 N–H and O–H groups in total. The zero-order valence-electron chi connectivity index (χ0n) is 7.88. The SMILES string of the molecule is CC(C)C(O)(O)NC1CCCC1. The van der Waals surface area contributed by atoms with Crippen LogP contribution in [0, 0.1) is 5.92 Å². The molecule has 3 nitrogen and oxygen atoms in total. The first-order valence-corrected chi connectivity index (χ1v) is 4.75. The molecule has 0 amide bonds. The number of nitrogens with one attached hydrogen (secondary N) is 1. The molecule has 0 aromatic carbocycles. The van der Waals surface area contributed by atoms with Gasteiger partial charge in [0.15, 0.2) is 0 Å². The first-order chi connectivity index (χ1) is 5.52. The summed E-state index contributed by atoms with van der Waals surface area (Å²) >= 11 is 0. The van der Waals surface area contributed by atoms with Gasteiger partial charge in [0.25, 0.3) is 0 Å². The molecule has 0 aromatic heterocycles. The molecule has 0 aromatic rings. The van der Waals surface area contributed by atoms with E-state index < -0.39 is 5.91 Å². The molecule has 3 heteroatoms. The van der Waals surface area contributed by atoms with E-state index >= 15 is 0 Å². The van der Waals surface area contributed by atoms with Crippen molar-refractivity contribution >= 4 is 0 Å². The second-order valence-electron chi connectivity index (χ2n) is 4.01. The number of aliphatic hydroxyl groups is 2. The first kappa shape index (κ1) is 9.96. The fourth-order valence-corrected chi connectivity index (χ4v) is 1.54. The summed E-state index contributed by atoms with van der Waals surface area (Å²) in [4.78, 5) is 0. The predicted molar refractivity (Wildman–Crippen MR) is 47.4 cm³/mol. The Morgan fingerprint density at radius 1 is 1.25 bits per heavy atom. The van der Waals surface area contributed by atoms with E-state index in [2.05, 4.69) is 5.32 Å². The lowest BCUT2D eigenvalue weighted by atomic mass is 10.1. The van der Waals surface area contributed by atoms with Crippen molar-refractivity contribution in [2.75, 3.05) is 0 Å². The summed E-state index contributed by atoms with van der Waals surface area (Å²) in [5.41, 5.74) is 0. The smallest absolute Gasteiger partial charge is 0.224 e. The fraction of sp³-hybridized carbons (Fsp3) is 1.00. The van der Waals surface area contributed by atoms with Crippen LogP contribution < -0.4 is 5.32 Å². The molecule has 0 bridgehead atoms. The summed E-state index contributed by atoms with van der Waals surface area (Å²) in [5.74, 6) is -1.85. The average molecular weight is 173 g/mol. The maximum Gasteiger partial charge on any atom is 0.224 e. The maximum absolute atomic E-state index is 9.50. The van der Waals surface area contributed by atoms with Crippen molar-refractivity contribution in [1.82, 2.24) is 5.32 Å². The molecule has 0 aliphatic heterocycles. The molecule has 0 saturated heterocycles. The highest BCUT2D eigenvalue weighted by Crippen LogP contribution is 2.21. The molecule has 1 aliphatic carbocycles. The van der Waals surface area contributed by atoms with Crippen LogP contribution in [0.2, 0.25) is 0 Å². The van der Waals surface area contributed by atoms with Crippen molar-refractivity contribution in [3.8, 4) is 0 Å². The van der Waals surface area contributed by atoms with E-state index in [0.717, 1.165) is 12.8 Å². The van der Waals surface area contributed by atoms with E-state index in [4.69, 9.17) is 0 Å². The highest BCUT2D eigenvalue weighted by Gasteiger charge is 2.31. The summed E-state index contributed by atoms with van der Waals surface area (Å²) in [7, 11) is 0. The Balaban J connectivity index is 2.37. The van der Waals surface area contributed by atoms with Crippen LogP contribution in [-0.2, 0) is 0 Å². The minimum atomic E-state index is -1.69. The van der Waals surface area contributed by atoms with Gasteiger partial charge in [0.05, 0.1) is 0 Å². The van der Waals surface area contributed by atoms with Gasteiger partial charge >= 0.3 is 0 Å². The minimum Gasteiger partial charge on any atom is -0.353 e. The van der Waals surface area contributed by atoms with Gasteiger partial charge in [-0.3, -0.25) is 5.32 Å². The van der Waals surface area contributed by atoms with E-state index in [1.54, 1.807) is 13.8 Å². The average Bonchev–Trinajstić information content (AvgIpc) is 2.38. The third-order valence-electron chi connectivity index (χ3n) is 2.58. The monoisotopic (exact) mass is 173 g/mol. The Morgan fingerprint density at radius 2 is 1.75 bits per heavy atom. The van der Waals surface area contributed by atoms with Crippen molar-refractivity contribution in [3.63, 3.8) is 0 Å². The molecule has 0 radical (unpaired) electrons. The molecule has 1 rings (SSSR count). The van der Waals surface area contributed by atoms with E-state index in [0.29, 0.717) is 6.04 Å². The lowest BCUT2D eigenvalue weighted by Gasteiger charge is -2.30. The third-order valence-corrected chi connectivity index (χ3v) is 2.58. The largest absolute Gasteiger partial charge is 0.353 e. The standard InChI is InChI=1S/C9H19NO2/c1-7(2)9(11,12)10-8-5-3-4-6-8/h7-8,10-12H,3-6H2,1-2H3. The van der Waals surface area contributed by atoms with Crippen molar-refractivity contribution in [3.05, 3.63) is 0 Å². The predicted octanol–water partition coefficient (Wildman–Crippen LogP) is 0.813. The van der Waals surface area contributed by atoms with Crippen molar-refractivity contribution < 1.29 is 10.2 Å². The Morgan fingerprint density at radius 3 is 2.17 bits per heavy atom. The molecule has 72 valence electrons. The Labute approximate surface area is 73.8 Å². The van der Waals surface area contributed by atoms with Crippen LogP contribution in [0.1, 0.15) is 39.5 Å².